The normalized spacial score (nSPS) is 15.3. The van der Waals surface area contributed by atoms with Gasteiger partial charge in [0.2, 0.25) is 15.9 Å². The molecule has 1 heterocycles. The lowest BCUT2D eigenvalue weighted by molar-refractivity contribution is -0.132. The molecule has 31 heavy (non-hydrogen) atoms. The van der Waals surface area contributed by atoms with Gasteiger partial charge >= 0.3 is 0 Å². The summed E-state index contributed by atoms with van der Waals surface area (Å²) in [6.07, 6.45) is 0.162. The first-order valence-electron chi connectivity index (χ1n) is 10.5. The lowest BCUT2D eigenvalue weighted by atomic mass is 10.0. The maximum atomic E-state index is 12.5. The van der Waals surface area contributed by atoms with Gasteiger partial charge in [0.25, 0.3) is 0 Å². The second-order valence-corrected chi connectivity index (χ2v) is 9.52. The zero-order chi connectivity index (χ0) is 21.7. The molecule has 0 unspecified atom stereocenters. The van der Waals surface area contributed by atoms with E-state index < -0.39 is 10.0 Å². The van der Waals surface area contributed by atoms with Gasteiger partial charge < -0.3 is 4.90 Å². The first-order valence-corrected chi connectivity index (χ1v) is 12.0. The van der Waals surface area contributed by atoms with Crippen LogP contribution in [-0.4, -0.2) is 56.8 Å². The molecule has 0 saturated carbocycles. The molecule has 162 valence electrons. The zero-order valence-corrected chi connectivity index (χ0v) is 18.2. The van der Waals surface area contributed by atoms with Crippen molar-refractivity contribution in [2.45, 2.75) is 17.9 Å². The first kappa shape index (κ1) is 21.5. The van der Waals surface area contributed by atoms with E-state index in [-0.39, 0.29) is 23.8 Å². The van der Waals surface area contributed by atoms with Gasteiger partial charge in [0.1, 0.15) is 0 Å². The van der Waals surface area contributed by atoms with Gasteiger partial charge in [-0.3, -0.25) is 9.69 Å². The maximum Gasteiger partial charge on any atom is 0.240 e. The third-order valence-corrected chi connectivity index (χ3v) is 7.16. The van der Waals surface area contributed by atoms with Gasteiger partial charge in [0, 0.05) is 45.7 Å². The van der Waals surface area contributed by atoms with Crippen LogP contribution in [0.2, 0.25) is 0 Å². The van der Waals surface area contributed by atoms with Crippen LogP contribution in [0.5, 0.6) is 0 Å². The number of rotatable bonds is 7. The Hall–Kier alpha value is -2.74. The number of nitrogens with one attached hydrogen (secondary N) is 1. The molecule has 7 heteroatoms. The Bertz CT molecular complexity index is 1140. The number of benzene rings is 3. The summed E-state index contributed by atoms with van der Waals surface area (Å²) in [4.78, 5) is 16.9. The van der Waals surface area contributed by atoms with Crippen molar-refractivity contribution in [1.29, 1.82) is 0 Å². The van der Waals surface area contributed by atoms with Crippen molar-refractivity contribution < 1.29 is 13.2 Å². The molecule has 1 aliphatic rings. The van der Waals surface area contributed by atoms with Crippen molar-refractivity contribution in [3.63, 3.8) is 0 Å². The number of carbonyl (C=O) groups is 1. The van der Waals surface area contributed by atoms with E-state index in [4.69, 9.17) is 0 Å². The molecule has 4 rings (SSSR count). The molecule has 0 radical (unpaired) electrons. The summed E-state index contributed by atoms with van der Waals surface area (Å²) in [7, 11) is -3.58. The fourth-order valence-corrected chi connectivity index (χ4v) is 5.01. The van der Waals surface area contributed by atoms with Crippen molar-refractivity contribution in [3.05, 3.63) is 78.4 Å². The predicted molar refractivity (Wildman–Crippen MR) is 122 cm³/mol. The fourth-order valence-electron chi connectivity index (χ4n) is 3.96. The van der Waals surface area contributed by atoms with Gasteiger partial charge in [-0.2, -0.15) is 0 Å². The molecule has 0 spiro atoms. The minimum Gasteiger partial charge on any atom is -0.340 e. The zero-order valence-electron chi connectivity index (χ0n) is 17.4. The summed E-state index contributed by atoms with van der Waals surface area (Å²) < 4.78 is 27.0. The highest BCUT2D eigenvalue weighted by molar-refractivity contribution is 7.89. The van der Waals surface area contributed by atoms with Gasteiger partial charge in [-0.15, -0.1) is 0 Å². The Morgan fingerprint density at radius 3 is 2.29 bits per heavy atom. The molecule has 0 aromatic heterocycles. The molecular formula is C24H27N3O3S. The lowest BCUT2D eigenvalue weighted by Crippen LogP contribution is -2.48. The van der Waals surface area contributed by atoms with Crippen LogP contribution in [0.3, 0.4) is 0 Å². The third-order valence-electron chi connectivity index (χ3n) is 5.68. The summed E-state index contributed by atoms with van der Waals surface area (Å²) in [5.74, 6) is -0.0134. The predicted octanol–water partition coefficient (Wildman–Crippen LogP) is 2.85. The summed E-state index contributed by atoms with van der Waals surface area (Å²) >= 11 is 0. The monoisotopic (exact) mass is 437 g/mol. The van der Waals surface area contributed by atoms with Gasteiger partial charge in [-0.1, -0.05) is 60.7 Å². The number of piperazine rings is 1. The van der Waals surface area contributed by atoms with Crippen LogP contribution in [-0.2, 0) is 21.4 Å². The minimum atomic E-state index is -3.58. The molecule has 1 fully saturated rings. The van der Waals surface area contributed by atoms with E-state index in [1.54, 1.807) is 30.3 Å². The summed E-state index contributed by atoms with van der Waals surface area (Å²) in [5, 5.41) is 2.51. The van der Waals surface area contributed by atoms with Gasteiger partial charge in [0.05, 0.1) is 4.90 Å². The van der Waals surface area contributed by atoms with E-state index in [1.165, 1.54) is 16.3 Å². The van der Waals surface area contributed by atoms with Crippen molar-refractivity contribution in [2.24, 2.45) is 0 Å². The number of amides is 1. The first-order chi connectivity index (χ1) is 15.0. The highest BCUT2D eigenvalue weighted by atomic mass is 32.2. The lowest BCUT2D eigenvalue weighted by Gasteiger charge is -2.35. The minimum absolute atomic E-state index is 0.0134. The van der Waals surface area contributed by atoms with Crippen LogP contribution in [0.1, 0.15) is 12.0 Å². The van der Waals surface area contributed by atoms with Crippen molar-refractivity contribution in [3.8, 4) is 0 Å². The van der Waals surface area contributed by atoms with Crippen LogP contribution >= 0.6 is 0 Å². The molecule has 3 aromatic carbocycles. The summed E-state index contributed by atoms with van der Waals surface area (Å²) in [6, 6.07) is 23.0. The molecule has 1 saturated heterocycles. The average Bonchev–Trinajstić information content (AvgIpc) is 2.80. The quantitative estimate of drug-likeness (QED) is 0.617. The van der Waals surface area contributed by atoms with E-state index in [0.717, 1.165) is 19.6 Å². The summed E-state index contributed by atoms with van der Waals surface area (Å²) in [5.41, 5.74) is 1.30. The Labute approximate surface area is 183 Å². The van der Waals surface area contributed by atoms with E-state index >= 15 is 0 Å². The second-order valence-electron chi connectivity index (χ2n) is 7.76. The highest BCUT2D eigenvalue weighted by Crippen LogP contribution is 2.20. The maximum absolute atomic E-state index is 12.5. The van der Waals surface area contributed by atoms with Gasteiger partial charge in [0.15, 0.2) is 0 Å². The highest BCUT2D eigenvalue weighted by Gasteiger charge is 2.22. The average molecular weight is 438 g/mol. The van der Waals surface area contributed by atoms with Crippen molar-refractivity contribution >= 4 is 26.7 Å². The Kier molecular flexibility index (Phi) is 6.65. The van der Waals surface area contributed by atoms with Crippen LogP contribution in [0, 0.1) is 0 Å². The Balaban J connectivity index is 1.25. The molecule has 1 amide bonds. The van der Waals surface area contributed by atoms with Crippen LogP contribution in [0.25, 0.3) is 10.8 Å². The number of carbonyl (C=O) groups excluding carboxylic acids is 1. The fraction of sp³-hybridized carbons (Fsp3) is 0.292. The molecule has 3 aromatic rings. The number of nitrogens with zero attached hydrogens (tertiary/aromatic N) is 2. The second kappa shape index (κ2) is 9.60. The SMILES string of the molecule is O=C(CCNS(=O)(=O)c1ccccc1)N1CCN(Cc2cccc3ccccc23)CC1. The third kappa shape index (κ3) is 5.31. The molecule has 0 atom stereocenters. The van der Waals surface area contributed by atoms with Crippen LogP contribution < -0.4 is 4.72 Å². The number of fused-ring (bicyclic) bond motifs is 1. The van der Waals surface area contributed by atoms with E-state index in [0.29, 0.717) is 13.1 Å². The smallest absolute Gasteiger partial charge is 0.240 e. The standard InChI is InChI=1S/C24H27N3O3S/c28-24(13-14-25-31(29,30)22-10-2-1-3-11-22)27-17-15-26(16-18-27)19-21-9-6-8-20-7-4-5-12-23(20)21/h1-12,25H,13-19H2. The van der Waals surface area contributed by atoms with E-state index in [9.17, 15) is 13.2 Å². The molecule has 0 aliphatic carbocycles. The molecule has 1 aliphatic heterocycles. The largest absolute Gasteiger partial charge is 0.340 e. The molecule has 0 bridgehead atoms. The van der Waals surface area contributed by atoms with Crippen LogP contribution in [0.15, 0.2) is 77.7 Å². The summed E-state index contributed by atoms with van der Waals surface area (Å²) in [6.45, 7) is 3.91. The van der Waals surface area contributed by atoms with Crippen molar-refractivity contribution in [1.82, 2.24) is 14.5 Å². The number of hydrogen-bond acceptors (Lipinski definition) is 4. The molecule has 1 N–H and O–H groups in total. The van der Waals surface area contributed by atoms with Gasteiger partial charge in [-0.05, 0) is 28.5 Å². The van der Waals surface area contributed by atoms with E-state index in [1.807, 2.05) is 4.90 Å². The Morgan fingerprint density at radius 2 is 1.52 bits per heavy atom. The number of hydrogen-bond donors (Lipinski definition) is 1. The van der Waals surface area contributed by atoms with E-state index in [2.05, 4.69) is 52.1 Å². The molecular weight excluding hydrogens is 410 g/mol. The number of sulfonamides is 1. The van der Waals surface area contributed by atoms with Crippen molar-refractivity contribution in [2.75, 3.05) is 32.7 Å². The van der Waals surface area contributed by atoms with Crippen LogP contribution in [0.4, 0.5) is 0 Å². The topological polar surface area (TPSA) is 69.7 Å². The Morgan fingerprint density at radius 1 is 0.839 bits per heavy atom. The van der Waals surface area contributed by atoms with Gasteiger partial charge in [-0.25, -0.2) is 13.1 Å². The molecule has 6 nitrogen and oxygen atoms in total.